The number of aromatic nitrogens is 1. The predicted octanol–water partition coefficient (Wildman–Crippen LogP) is 3.85. The minimum Gasteiger partial charge on any atom is -0.507 e. The first-order chi connectivity index (χ1) is 8.74. The molecule has 0 bridgehead atoms. The molecule has 0 aliphatic rings. The van der Waals surface area contributed by atoms with E-state index in [0.717, 1.165) is 35.1 Å². The topological polar surface area (TPSA) is 45.2 Å². The number of anilines is 1. The second kappa shape index (κ2) is 5.71. The molecule has 1 heterocycles. The first-order valence-electron chi connectivity index (χ1n) is 6.55. The Morgan fingerprint density at radius 1 is 1.22 bits per heavy atom. The molecule has 3 nitrogen and oxygen atoms in total. The Morgan fingerprint density at radius 3 is 2.83 bits per heavy atom. The number of hydrogen-bond donors (Lipinski definition) is 2. The second-order valence-electron chi connectivity index (χ2n) is 4.62. The molecule has 0 atom stereocenters. The molecule has 2 N–H and O–H groups in total. The third-order valence-corrected chi connectivity index (χ3v) is 3.17. The smallest absolute Gasteiger partial charge is 0.127 e. The summed E-state index contributed by atoms with van der Waals surface area (Å²) in [6, 6.07) is 5.55. The van der Waals surface area contributed by atoms with Crippen LogP contribution in [-0.4, -0.2) is 16.6 Å². The van der Waals surface area contributed by atoms with Crippen molar-refractivity contribution in [3.05, 3.63) is 30.0 Å². The number of benzene rings is 1. The van der Waals surface area contributed by atoms with E-state index in [1.807, 2.05) is 19.1 Å². The van der Waals surface area contributed by atoms with E-state index < -0.39 is 0 Å². The molecule has 0 saturated carbocycles. The van der Waals surface area contributed by atoms with Gasteiger partial charge in [-0.05, 0) is 31.0 Å². The molecule has 96 valence electrons. The van der Waals surface area contributed by atoms with Gasteiger partial charge in [0.05, 0.1) is 10.9 Å². The van der Waals surface area contributed by atoms with E-state index in [4.69, 9.17) is 0 Å². The zero-order valence-electron chi connectivity index (χ0n) is 11.0. The summed E-state index contributed by atoms with van der Waals surface area (Å²) in [5.74, 6) is 0.293. The molecule has 1 aromatic heterocycles. The molecule has 2 rings (SSSR count). The third-order valence-electron chi connectivity index (χ3n) is 3.17. The number of hydrogen-bond acceptors (Lipinski definition) is 3. The number of rotatable bonds is 5. The maximum atomic E-state index is 10.00. The Bertz CT molecular complexity index is 537. The fraction of sp³-hybridized carbons (Fsp3) is 0.400. The van der Waals surface area contributed by atoms with Gasteiger partial charge >= 0.3 is 0 Å². The largest absolute Gasteiger partial charge is 0.507 e. The van der Waals surface area contributed by atoms with Crippen molar-refractivity contribution in [3.63, 3.8) is 0 Å². The Morgan fingerprint density at radius 2 is 2.06 bits per heavy atom. The minimum atomic E-state index is 0.293. The van der Waals surface area contributed by atoms with Gasteiger partial charge in [-0.1, -0.05) is 25.8 Å². The molecule has 0 fully saturated rings. The molecule has 0 unspecified atom stereocenters. The van der Waals surface area contributed by atoms with Crippen LogP contribution >= 0.6 is 0 Å². The highest BCUT2D eigenvalue weighted by Crippen LogP contribution is 2.32. The molecule has 0 amide bonds. The highest BCUT2D eigenvalue weighted by atomic mass is 16.3. The summed E-state index contributed by atoms with van der Waals surface area (Å²) in [4.78, 5) is 4.35. The van der Waals surface area contributed by atoms with Crippen LogP contribution in [0.3, 0.4) is 0 Å². The van der Waals surface area contributed by atoms with Crippen molar-refractivity contribution in [2.45, 2.75) is 33.1 Å². The SMILES string of the molecule is CCCCCNc1ccnc2c(C)ccc(O)c12. The fourth-order valence-electron chi connectivity index (χ4n) is 2.13. The maximum Gasteiger partial charge on any atom is 0.127 e. The lowest BCUT2D eigenvalue weighted by Gasteiger charge is -2.11. The lowest BCUT2D eigenvalue weighted by molar-refractivity contribution is 0.481. The van der Waals surface area contributed by atoms with Crippen molar-refractivity contribution in [1.29, 1.82) is 0 Å². The lowest BCUT2D eigenvalue weighted by atomic mass is 10.1. The zero-order valence-corrected chi connectivity index (χ0v) is 11.0. The molecule has 0 aliphatic carbocycles. The number of aryl methyl sites for hydroxylation is 1. The molecule has 0 radical (unpaired) electrons. The maximum absolute atomic E-state index is 10.00. The van der Waals surface area contributed by atoms with Crippen LogP contribution in [0.5, 0.6) is 5.75 Å². The third kappa shape index (κ3) is 2.55. The van der Waals surface area contributed by atoms with Gasteiger partial charge < -0.3 is 10.4 Å². The number of aromatic hydroxyl groups is 1. The molecule has 0 spiro atoms. The van der Waals surface area contributed by atoms with Gasteiger partial charge in [0.1, 0.15) is 5.75 Å². The molecule has 18 heavy (non-hydrogen) atoms. The summed E-state index contributed by atoms with van der Waals surface area (Å²) >= 11 is 0. The molecule has 1 aromatic carbocycles. The predicted molar refractivity (Wildman–Crippen MR) is 76.2 cm³/mol. The van der Waals surface area contributed by atoms with Crippen molar-refractivity contribution in [2.24, 2.45) is 0 Å². The molecular formula is C15H20N2O. The van der Waals surface area contributed by atoms with Crippen molar-refractivity contribution < 1.29 is 5.11 Å². The first kappa shape index (κ1) is 12.7. The number of nitrogens with zero attached hydrogens (tertiary/aromatic N) is 1. The van der Waals surface area contributed by atoms with Crippen LogP contribution in [0, 0.1) is 6.92 Å². The fourth-order valence-corrected chi connectivity index (χ4v) is 2.13. The monoisotopic (exact) mass is 244 g/mol. The average molecular weight is 244 g/mol. The van der Waals surface area contributed by atoms with E-state index in [0.29, 0.717) is 5.75 Å². The minimum absolute atomic E-state index is 0.293. The van der Waals surface area contributed by atoms with Gasteiger partial charge in [-0.2, -0.15) is 0 Å². The van der Waals surface area contributed by atoms with Crippen LogP contribution < -0.4 is 5.32 Å². The second-order valence-corrected chi connectivity index (χ2v) is 4.62. The first-order valence-corrected chi connectivity index (χ1v) is 6.55. The Labute approximate surface area is 108 Å². The van der Waals surface area contributed by atoms with Gasteiger partial charge in [0.2, 0.25) is 0 Å². The van der Waals surface area contributed by atoms with Gasteiger partial charge in [0.15, 0.2) is 0 Å². The number of phenolic OH excluding ortho intramolecular Hbond substituents is 1. The van der Waals surface area contributed by atoms with E-state index in [2.05, 4.69) is 17.2 Å². The van der Waals surface area contributed by atoms with Crippen molar-refractivity contribution in [2.75, 3.05) is 11.9 Å². The number of unbranched alkanes of at least 4 members (excludes halogenated alkanes) is 2. The summed E-state index contributed by atoms with van der Waals surface area (Å²) in [6.07, 6.45) is 5.37. The van der Waals surface area contributed by atoms with Gasteiger partial charge in [0.25, 0.3) is 0 Å². The summed E-state index contributed by atoms with van der Waals surface area (Å²) in [7, 11) is 0. The summed E-state index contributed by atoms with van der Waals surface area (Å²) in [5, 5.41) is 14.2. The van der Waals surface area contributed by atoms with Gasteiger partial charge in [-0.25, -0.2) is 0 Å². The summed E-state index contributed by atoms with van der Waals surface area (Å²) < 4.78 is 0. The number of nitrogens with one attached hydrogen (secondary N) is 1. The zero-order chi connectivity index (χ0) is 13.0. The van der Waals surface area contributed by atoms with Crippen LogP contribution in [-0.2, 0) is 0 Å². The van der Waals surface area contributed by atoms with Crippen LogP contribution in [0.2, 0.25) is 0 Å². The van der Waals surface area contributed by atoms with E-state index >= 15 is 0 Å². The van der Waals surface area contributed by atoms with E-state index in [1.54, 1.807) is 12.3 Å². The van der Waals surface area contributed by atoms with Crippen molar-refractivity contribution in [1.82, 2.24) is 4.98 Å². The van der Waals surface area contributed by atoms with Gasteiger partial charge in [-0.3, -0.25) is 4.98 Å². The number of fused-ring (bicyclic) bond motifs is 1. The van der Waals surface area contributed by atoms with Crippen LogP contribution in [0.25, 0.3) is 10.9 Å². The standard InChI is InChI=1S/C15H20N2O/c1-3-4-5-9-16-12-8-10-17-15-11(2)6-7-13(18)14(12)15/h6-8,10,18H,3-5,9H2,1-2H3,(H,16,17). The molecule has 0 aliphatic heterocycles. The average Bonchev–Trinajstić information content (AvgIpc) is 2.39. The van der Waals surface area contributed by atoms with E-state index in [1.165, 1.54) is 12.8 Å². The summed E-state index contributed by atoms with van der Waals surface area (Å²) in [6.45, 7) is 5.13. The van der Waals surface area contributed by atoms with Crippen LogP contribution in [0.4, 0.5) is 5.69 Å². The Hall–Kier alpha value is -1.77. The van der Waals surface area contributed by atoms with Gasteiger partial charge in [0, 0.05) is 18.4 Å². The quantitative estimate of drug-likeness (QED) is 0.785. The van der Waals surface area contributed by atoms with Gasteiger partial charge in [-0.15, -0.1) is 0 Å². The van der Waals surface area contributed by atoms with E-state index in [9.17, 15) is 5.11 Å². The van der Waals surface area contributed by atoms with Crippen LogP contribution in [0.1, 0.15) is 31.7 Å². The molecule has 2 aromatic rings. The normalized spacial score (nSPS) is 10.8. The van der Waals surface area contributed by atoms with Crippen molar-refractivity contribution in [3.8, 4) is 5.75 Å². The Balaban J connectivity index is 2.30. The number of pyridine rings is 1. The highest BCUT2D eigenvalue weighted by molar-refractivity contribution is 5.97. The highest BCUT2D eigenvalue weighted by Gasteiger charge is 2.08. The van der Waals surface area contributed by atoms with E-state index in [-0.39, 0.29) is 0 Å². The molecule has 3 heteroatoms. The Kier molecular flexibility index (Phi) is 4.03. The van der Waals surface area contributed by atoms with Crippen molar-refractivity contribution >= 4 is 16.6 Å². The number of phenols is 1. The summed E-state index contributed by atoms with van der Waals surface area (Å²) in [5.41, 5.74) is 2.92. The molecular weight excluding hydrogens is 224 g/mol. The van der Waals surface area contributed by atoms with Crippen LogP contribution in [0.15, 0.2) is 24.4 Å². The lowest BCUT2D eigenvalue weighted by Crippen LogP contribution is -2.02. The molecule has 0 saturated heterocycles.